The predicted molar refractivity (Wildman–Crippen MR) is 149 cm³/mol. The van der Waals surface area contributed by atoms with Crippen molar-refractivity contribution in [2.24, 2.45) is 0 Å². The van der Waals surface area contributed by atoms with Crippen molar-refractivity contribution in [2.45, 2.75) is 6.92 Å². The van der Waals surface area contributed by atoms with Gasteiger partial charge in [-0.25, -0.2) is 15.0 Å². The summed E-state index contributed by atoms with van der Waals surface area (Å²) in [6.07, 6.45) is 3.23. The van der Waals surface area contributed by atoms with E-state index in [1.165, 1.54) is 13.1 Å². The van der Waals surface area contributed by atoms with Gasteiger partial charge in [0.25, 0.3) is 5.91 Å². The van der Waals surface area contributed by atoms with Gasteiger partial charge < -0.3 is 20.4 Å². The molecule has 0 aliphatic carbocycles. The molecule has 0 radical (unpaired) electrons. The average Bonchev–Trinajstić information content (AvgIpc) is 2.94. The summed E-state index contributed by atoms with van der Waals surface area (Å²) in [5.74, 6) is 0.353. The van der Waals surface area contributed by atoms with Crippen molar-refractivity contribution in [1.82, 2.24) is 19.9 Å². The van der Waals surface area contributed by atoms with Crippen molar-refractivity contribution >= 4 is 46.4 Å². The van der Waals surface area contributed by atoms with E-state index in [1.54, 1.807) is 18.3 Å². The topological polar surface area (TPSA) is 103 Å². The van der Waals surface area contributed by atoms with Gasteiger partial charge in [0.1, 0.15) is 5.15 Å². The molecule has 192 valence electrons. The minimum Gasteiger partial charge on any atom is -0.368 e. The van der Waals surface area contributed by atoms with E-state index in [-0.39, 0.29) is 11.8 Å². The summed E-state index contributed by atoms with van der Waals surface area (Å²) in [5.41, 5.74) is 4.94. The number of nitrogens with one attached hydrogen (secondary N) is 2. The molecular formula is C28H26ClN7O2. The van der Waals surface area contributed by atoms with Crippen LogP contribution in [0.15, 0.2) is 79.1 Å². The number of amides is 2. The first-order chi connectivity index (χ1) is 18.4. The Morgan fingerprint density at radius 1 is 0.842 bits per heavy atom. The molecule has 1 saturated heterocycles. The fourth-order valence-corrected chi connectivity index (χ4v) is 4.36. The number of hydrogen-bond donors (Lipinski definition) is 2. The number of hydrogen-bond acceptors (Lipinski definition) is 7. The SMILES string of the molecule is CC(=O)Nc1ccc(-c2ccnc(Nc3ccc(N4CCN(C(=O)c5ccc(Cl)nc5)CC4)cc3)n2)cc1. The van der Waals surface area contributed by atoms with E-state index >= 15 is 0 Å². The Morgan fingerprint density at radius 3 is 2.21 bits per heavy atom. The van der Waals surface area contributed by atoms with Gasteiger partial charge in [-0.1, -0.05) is 23.7 Å². The van der Waals surface area contributed by atoms with Crippen LogP contribution in [0.1, 0.15) is 17.3 Å². The standard InChI is InChI=1S/C28H26ClN7O2/c1-19(37)32-22-5-2-20(3-6-22)25-12-13-30-28(34-25)33-23-7-9-24(10-8-23)35-14-16-36(17-15-35)27(38)21-4-11-26(29)31-18-21/h2-13,18H,14-17H2,1H3,(H,32,37)(H,30,33,34). The number of anilines is 4. The molecule has 1 fully saturated rings. The molecule has 38 heavy (non-hydrogen) atoms. The Kier molecular flexibility index (Phi) is 7.46. The van der Waals surface area contributed by atoms with E-state index in [4.69, 9.17) is 11.6 Å². The maximum atomic E-state index is 12.7. The van der Waals surface area contributed by atoms with E-state index in [0.717, 1.165) is 41.4 Å². The molecule has 4 aromatic rings. The summed E-state index contributed by atoms with van der Waals surface area (Å²) in [4.78, 5) is 41.0. The quantitative estimate of drug-likeness (QED) is 0.345. The Morgan fingerprint density at radius 2 is 1.55 bits per heavy atom. The molecule has 0 bridgehead atoms. The van der Waals surface area contributed by atoms with Crippen LogP contribution in [0.3, 0.4) is 0 Å². The Labute approximate surface area is 225 Å². The average molecular weight is 528 g/mol. The van der Waals surface area contributed by atoms with E-state index in [1.807, 2.05) is 59.5 Å². The third kappa shape index (κ3) is 6.07. The third-order valence-electron chi connectivity index (χ3n) is 6.19. The van der Waals surface area contributed by atoms with Gasteiger partial charge in [-0.2, -0.15) is 0 Å². The fourth-order valence-electron chi connectivity index (χ4n) is 4.24. The number of pyridine rings is 1. The Balaban J connectivity index is 1.18. The summed E-state index contributed by atoms with van der Waals surface area (Å²) < 4.78 is 0. The molecule has 0 saturated carbocycles. The van der Waals surface area contributed by atoms with Gasteiger partial charge in [0.2, 0.25) is 11.9 Å². The predicted octanol–water partition coefficient (Wildman–Crippen LogP) is 4.86. The number of rotatable bonds is 6. The number of carbonyl (C=O) groups is 2. The minimum absolute atomic E-state index is 0.0285. The first-order valence-electron chi connectivity index (χ1n) is 12.2. The molecule has 2 amide bonds. The highest BCUT2D eigenvalue weighted by molar-refractivity contribution is 6.29. The molecule has 9 nitrogen and oxygen atoms in total. The van der Waals surface area contributed by atoms with Crippen molar-refractivity contribution < 1.29 is 9.59 Å². The zero-order valence-electron chi connectivity index (χ0n) is 20.8. The Bertz CT molecular complexity index is 1420. The Hall–Kier alpha value is -4.50. The number of carbonyl (C=O) groups excluding carboxylic acids is 2. The van der Waals surface area contributed by atoms with Crippen molar-refractivity contribution in [2.75, 3.05) is 41.7 Å². The van der Waals surface area contributed by atoms with Crippen molar-refractivity contribution in [3.63, 3.8) is 0 Å². The molecule has 10 heteroatoms. The van der Waals surface area contributed by atoms with Gasteiger partial charge in [-0.05, 0) is 54.6 Å². The van der Waals surface area contributed by atoms with Gasteiger partial charge >= 0.3 is 0 Å². The van der Waals surface area contributed by atoms with E-state index < -0.39 is 0 Å². The summed E-state index contributed by atoms with van der Waals surface area (Å²) in [6.45, 7) is 4.23. The summed E-state index contributed by atoms with van der Waals surface area (Å²) in [5, 5.41) is 6.39. The van der Waals surface area contributed by atoms with Gasteiger partial charge in [-0.3, -0.25) is 9.59 Å². The summed E-state index contributed by atoms with van der Waals surface area (Å²) >= 11 is 5.83. The lowest BCUT2D eigenvalue weighted by Gasteiger charge is -2.36. The monoisotopic (exact) mass is 527 g/mol. The van der Waals surface area contributed by atoms with Crippen molar-refractivity contribution in [3.05, 3.63) is 89.8 Å². The maximum absolute atomic E-state index is 12.7. The first-order valence-corrected chi connectivity index (χ1v) is 12.6. The lowest BCUT2D eigenvalue weighted by Crippen LogP contribution is -2.48. The van der Waals surface area contributed by atoms with Crippen LogP contribution in [-0.2, 0) is 4.79 Å². The number of halogens is 1. The van der Waals surface area contributed by atoms with E-state index in [9.17, 15) is 9.59 Å². The number of aromatic nitrogens is 3. The molecule has 0 unspecified atom stereocenters. The molecule has 1 aliphatic rings. The zero-order chi connectivity index (χ0) is 26.5. The van der Waals surface area contributed by atoms with Crippen molar-refractivity contribution in [3.8, 4) is 11.3 Å². The van der Waals surface area contributed by atoms with E-state index in [2.05, 4.69) is 30.5 Å². The van der Waals surface area contributed by atoms with Gasteiger partial charge in [0, 0.05) is 68.1 Å². The zero-order valence-corrected chi connectivity index (χ0v) is 21.5. The molecule has 2 N–H and O–H groups in total. The van der Waals surface area contributed by atoms with Crippen LogP contribution in [0.2, 0.25) is 5.15 Å². The molecule has 2 aromatic heterocycles. The smallest absolute Gasteiger partial charge is 0.255 e. The van der Waals surface area contributed by atoms with Crippen LogP contribution in [0.5, 0.6) is 0 Å². The minimum atomic E-state index is -0.110. The second kappa shape index (κ2) is 11.3. The van der Waals surface area contributed by atoms with Crippen molar-refractivity contribution in [1.29, 1.82) is 0 Å². The van der Waals surface area contributed by atoms with Crippen LogP contribution < -0.4 is 15.5 Å². The highest BCUT2D eigenvalue weighted by Crippen LogP contribution is 2.24. The molecule has 2 aromatic carbocycles. The molecule has 0 atom stereocenters. The molecule has 5 rings (SSSR count). The summed E-state index contributed by atoms with van der Waals surface area (Å²) in [7, 11) is 0. The number of nitrogens with zero attached hydrogens (tertiary/aromatic N) is 5. The van der Waals surface area contributed by atoms with Crippen LogP contribution in [0, 0.1) is 0 Å². The highest BCUT2D eigenvalue weighted by Gasteiger charge is 2.22. The highest BCUT2D eigenvalue weighted by atomic mass is 35.5. The molecule has 3 heterocycles. The van der Waals surface area contributed by atoms with Gasteiger partial charge in [0.15, 0.2) is 0 Å². The number of piperazine rings is 1. The lowest BCUT2D eigenvalue weighted by molar-refractivity contribution is -0.114. The van der Waals surface area contributed by atoms with E-state index in [0.29, 0.717) is 29.8 Å². The van der Waals surface area contributed by atoms with Crippen LogP contribution >= 0.6 is 11.6 Å². The summed E-state index contributed by atoms with van der Waals surface area (Å²) in [6, 6.07) is 20.8. The number of benzene rings is 2. The molecule has 0 spiro atoms. The maximum Gasteiger partial charge on any atom is 0.255 e. The second-order valence-corrected chi connectivity index (χ2v) is 9.23. The van der Waals surface area contributed by atoms with Crippen LogP contribution in [0.25, 0.3) is 11.3 Å². The van der Waals surface area contributed by atoms with Crippen LogP contribution in [0.4, 0.5) is 23.0 Å². The largest absolute Gasteiger partial charge is 0.368 e. The lowest BCUT2D eigenvalue weighted by atomic mass is 10.1. The molecular weight excluding hydrogens is 502 g/mol. The molecule has 1 aliphatic heterocycles. The second-order valence-electron chi connectivity index (χ2n) is 8.84. The normalized spacial score (nSPS) is 13.2. The fraction of sp³-hybridized carbons (Fsp3) is 0.179. The van der Waals surface area contributed by atoms with Gasteiger partial charge in [0.05, 0.1) is 11.3 Å². The van der Waals surface area contributed by atoms with Gasteiger partial charge in [-0.15, -0.1) is 0 Å². The third-order valence-corrected chi connectivity index (χ3v) is 6.41. The first kappa shape index (κ1) is 25.2. The van der Waals surface area contributed by atoms with Crippen LogP contribution in [-0.4, -0.2) is 57.8 Å².